The van der Waals surface area contributed by atoms with Crippen LogP contribution in [0.4, 0.5) is 0 Å². The van der Waals surface area contributed by atoms with Crippen LogP contribution in [-0.2, 0) is 23.1 Å². The summed E-state index contributed by atoms with van der Waals surface area (Å²) in [5.41, 5.74) is 1.45. The Balaban J connectivity index is 1.67. The minimum Gasteiger partial charge on any atom is -0.369 e. The molecule has 1 aliphatic rings. The van der Waals surface area contributed by atoms with E-state index < -0.39 is 0 Å². The predicted octanol–water partition coefficient (Wildman–Crippen LogP) is 1.56. The molecule has 7 nitrogen and oxygen atoms in total. The standard InChI is InChI=1S/C19H24N4O3/c1-20-18(24)14-6-3-5-13(11-14)12-22-19(25)15-7-4-10-26-16(15)17-21-8-9-23(17)2/h3,5-6,8-9,11,15-16H,4,7,10,12H2,1-2H3,(H,20,24)(H,22,25)/t15-,16-/m1/s1. The Morgan fingerprint density at radius 2 is 2.23 bits per heavy atom. The number of aryl methyl sites for hydroxylation is 1. The van der Waals surface area contributed by atoms with Crippen LogP contribution < -0.4 is 10.6 Å². The topological polar surface area (TPSA) is 85.2 Å². The highest BCUT2D eigenvalue weighted by atomic mass is 16.5. The molecule has 3 rings (SSSR count). The first kappa shape index (κ1) is 18.1. The molecule has 1 saturated heterocycles. The highest BCUT2D eigenvalue weighted by molar-refractivity contribution is 5.94. The lowest BCUT2D eigenvalue weighted by Gasteiger charge is -2.30. The number of rotatable bonds is 5. The monoisotopic (exact) mass is 356 g/mol. The first-order valence-electron chi connectivity index (χ1n) is 8.77. The van der Waals surface area contributed by atoms with Gasteiger partial charge in [-0.25, -0.2) is 4.98 Å². The number of imidazole rings is 1. The summed E-state index contributed by atoms with van der Waals surface area (Å²) in [6.07, 6.45) is 4.85. The van der Waals surface area contributed by atoms with Crippen LogP contribution in [0.1, 0.15) is 40.7 Å². The molecule has 2 amide bonds. The highest BCUT2D eigenvalue weighted by Gasteiger charge is 2.35. The molecule has 2 heterocycles. The molecular formula is C19H24N4O3. The molecule has 1 aliphatic heterocycles. The van der Waals surface area contributed by atoms with Gasteiger partial charge in [0, 0.05) is 45.2 Å². The van der Waals surface area contributed by atoms with Crippen LogP contribution in [0.2, 0.25) is 0 Å². The molecule has 26 heavy (non-hydrogen) atoms. The summed E-state index contributed by atoms with van der Waals surface area (Å²) in [5, 5.41) is 5.58. The van der Waals surface area contributed by atoms with Gasteiger partial charge in [0.1, 0.15) is 11.9 Å². The molecule has 2 aromatic rings. The van der Waals surface area contributed by atoms with Crippen LogP contribution in [0.15, 0.2) is 36.7 Å². The Morgan fingerprint density at radius 1 is 1.38 bits per heavy atom. The molecule has 0 aliphatic carbocycles. The third-order valence-electron chi connectivity index (χ3n) is 4.66. The van der Waals surface area contributed by atoms with Crippen molar-refractivity contribution in [2.75, 3.05) is 13.7 Å². The van der Waals surface area contributed by atoms with Crippen LogP contribution in [0.3, 0.4) is 0 Å². The van der Waals surface area contributed by atoms with Crippen LogP contribution >= 0.6 is 0 Å². The predicted molar refractivity (Wildman–Crippen MR) is 96.3 cm³/mol. The maximum Gasteiger partial charge on any atom is 0.251 e. The van der Waals surface area contributed by atoms with E-state index in [1.54, 1.807) is 25.4 Å². The fourth-order valence-electron chi connectivity index (χ4n) is 3.24. The second-order valence-electron chi connectivity index (χ2n) is 6.43. The van der Waals surface area contributed by atoms with E-state index in [9.17, 15) is 9.59 Å². The number of carbonyl (C=O) groups excluding carboxylic acids is 2. The van der Waals surface area contributed by atoms with E-state index in [2.05, 4.69) is 15.6 Å². The number of nitrogens with zero attached hydrogens (tertiary/aromatic N) is 2. The molecule has 0 spiro atoms. The number of aromatic nitrogens is 2. The molecule has 0 saturated carbocycles. The van der Waals surface area contributed by atoms with E-state index in [0.717, 1.165) is 24.2 Å². The molecular weight excluding hydrogens is 332 g/mol. The van der Waals surface area contributed by atoms with Crippen molar-refractivity contribution < 1.29 is 14.3 Å². The van der Waals surface area contributed by atoms with Crippen LogP contribution in [0, 0.1) is 5.92 Å². The molecule has 1 fully saturated rings. The zero-order valence-corrected chi connectivity index (χ0v) is 15.1. The van der Waals surface area contributed by atoms with Crippen molar-refractivity contribution in [3.63, 3.8) is 0 Å². The Labute approximate surface area is 152 Å². The normalized spacial score (nSPS) is 19.8. The maximum absolute atomic E-state index is 12.8. The Hall–Kier alpha value is -2.67. The van der Waals surface area contributed by atoms with Gasteiger partial charge in [0.05, 0.1) is 5.92 Å². The lowest BCUT2D eigenvalue weighted by molar-refractivity contribution is -0.135. The zero-order valence-electron chi connectivity index (χ0n) is 15.1. The fraction of sp³-hybridized carbons (Fsp3) is 0.421. The number of carbonyl (C=O) groups is 2. The SMILES string of the molecule is CNC(=O)c1cccc(CNC(=O)[C@@H]2CCCO[C@H]2c2nccn2C)c1. The molecule has 0 unspecified atom stereocenters. The summed E-state index contributed by atoms with van der Waals surface area (Å²) in [6, 6.07) is 7.23. The smallest absolute Gasteiger partial charge is 0.251 e. The zero-order chi connectivity index (χ0) is 18.5. The second kappa shape index (κ2) is 8.14. The summed E-state index contributed by atoms with van der Waals surface area (Å²) < 4.78 is 7.75. The van der Waals surface area contributed by atoms with Gasteiger partial charge in [0.15, 0.2) is 0 Å². The molecule has 2 atom stereocenters. The number of ether oxygens (including phenoxy) is 1. The molecule has 1 aromatic heterocycles. The lowest BCUT2D eigenvalue weighted by atomic mass is 9.92. The second-order valence-corrected chi connectivity index (χ2v) is 6.43. The third-order valence-corrected chi connectivity index (χ3v) is 4.66. The van der Waals surface area contributed by atoms with Crippen LogP contribution in [0.25, 0.3) is 0 Å². The molecule has 7 heteroatoms. The summed E-state index contributed by atoms with van der Waals surface area (Å²) in [7, 11) is 3.50. The lowest BCUT2D eigenvalue weighted by Crippen LogP contribution is -2.38. The fourth-order valence-corrected chi connectivity index (χ4v) is 3.24. The molecule has 0 bridgehead atoms. The van der Waals surface area contributed by atoms with E-state index in [0.29, 0.717) is 18.7 Å². The maximum atomic E-state index is 12.8. The van der Waals surface area contributed by atoms with E-state index in [-0.39, 0.29) is 23.8 Å². The molecule has 1 aromatic carbocycles. The summed E-state index contributed by atoms with van der Waals surface area (Å²) in [4.78, 5) is 28.8. The number of benzene rings is 1. The minimum absolute atomic E-state index is 0.0527. The van der Waals surface area contributed by atoms with Gasteiger partial charge in [-0.1, -0.05) is 12.1 Å². The molecule has 138 valence electrons. The van der Waals surface area contributed by atoms with Crippen molar-refractivity contribution in [1.29, 1.82) is 0 Å². The summed E-state index contributed by atoms with van der Waals surface area (Å²) >= 11 is 0. The first-order chi connectivity index (χ1) is 12.6. The Morgan fingerprint density at radius 3 is 2.96 bits per heavy atom. The number of amides is 2. The average molecular weight is 356 g/mol. The van der Waals surface area contributed by atoms with Crippen molar-refractivity contribution in [3.8, 4) is 0 Å². The Kier molecular flexibility index (Phi) is 5.68. The summed E-state index contributed by atoms with van der Waals surface area (Å²) in [6.45, 7) is 1.00. The van der Waals surface area contributed by atoms with Gasteiger partial charge in [-0.3, -0.25) is 9.59 Å². The van der Waals surface area contributed by atoms with Crippen LogP contribution in [-0.4, -0.2) is 35.0 Å². The van der Waals surface area contributed by atoms with E-state index in [1.807, 2.05) is 29.9 Å². The van der Waals surface area contributed by atoms with Gasteiger partial charge in [0.25, 0.3) is 5.91 Å². The number of hydrogen-bond donors (Lipinski definition) is 2. The first-order valence-corrected chi connectivity index (χ1v) is 8.77. The van der Waals surface area contributed by atoms with Gasteiger partial charge in [-0.05, 0) is 30.5 Å². The van der Waals surface area contributed by atoms with Gasteiger partial charge in [-0.15, -0.1) is 0 Å². The van der Waals surface area contributed by atoms with Crippen LogP contribution in [0.5, 0.6) is 0 Å². The summed E-state index contributed by atoms with van der Waals surface area (Å²) in [5.74, 6) is 0.301. The van der Waals surface area contributed by atoms with E-state index in [4.69, 9.17) is 4.74 Å². The molecule has 2 N–H and O–H groups in total. The van der Waals surface area contributed by atoms with E-state index >= 15 is 0 Å². The van der Waals surface area contributed by atoms with Gasteiger partial charge in [0.2, 0.25) is 5.91 Å². The van der Waals surface area contributed by atoms with Crippen molar-refractivity contribution in [2.45, 2.75) is 25.5 Å². The van der Waals surface area contributed by atoms with E-state index in [1.165, 1.54) is 0 Å². The largest absolute Gasteiger partial charge is 0.369 e. The highest BCUT2D eigenvalue weighted by Crippen LogP contribution is 2.32. The van der Waals surface area contributed by atoms with Crippen molar-refractivity contribution >= 4 is 11.8 Å². The Bertz CT molecular complexity index is 787. The van der Waals surface area contributed by atoms with Crippen molar-refractivity contribution in [2.24, 2.45) is 13.0 Å². The number of nitrogens with one attached hydrogen (secondary N) is 2. The molecule has 0 radical (unpaired) electrons. The average Bonchev–Trinajstić information content (AvgIpc) is 3.11. The minimum atomic E-state index is -0.332. The van der Waals surface area contributed by atoms with Gasteiger partial charge in [-0.2, -0.15) is 0 Å². The van der Waals surface area contributed by atoms with Gasteiger partial charge >= 0.3 is 0 Å². The third kappa shape index (κ3) is 3.94. The number of hydrogen-bond acceptors (Lipinski definition) is 4. The van der Waals surface area contributed by atoms with Gasteiger partial charge < -0.3 is 19.9 Å². The van der Waals surface area contributed by atoms with Crippen molar-refractivity contribution in [3.05, 3.63) is 53.6 Å². The van der Waals surface area contributed by atoms with Crippen molar-refractivity contribution in [1.82, 2.24) is 20.2 Å². The quantitative estimate of drug-likeness (QED) is 0.851.